The van der Waals surface area contributed by atoms with Gasteiger partial charge in [-0.1, -0.05) is 12.1 Å². The number of hydrogen-bond donors (Lipinski definition) is 0. The minimum Gasteiger partial charge on any atom is -0.263 e. The lowest BCUT2D eigenvalue weighted by atomic mass is 10.1. The fraction of sp³-hybridized carbons (Fsp3) is 0.100. The molecule has 0 bridgehead atoms. The van der Waals surface area contributed by atoms with Gasteiger partial charge in [0.2, 0.25) is 0 Å². The van der Waals surface area contributed by atoms with Crippen molar-refractivity contribution < 1.29 is 8.42 Å². The van der Waals surface area contributed by atoms with Crippen LogP contribution in [0.5, 0.6) is 0 Å². The van der Waals surface area contributed by atoms with E-state index < -0.39 is 9.05 Å². The Kier molecular flexibility index (Phi) is 2.94. The smallest absolute Gasteiger partial charge is 0.262 e. The fourth-order valence-corrected chi connectivity index (χ4v) is 3.82. The monoisotopic (exact) mass is 319 g/mol. The average molecular weight is 321 g/mol. The van der Waals surface area contributed by atoms with E-state index >= 15 is 0 Å². The maximum Gasteiger partial charge on any atom is 0.262 e. The van der Waals surface area contributed by atoms with Gasteiger partial charge < -0.3 is 0 Å². The standard InChI is InChI=1S/C10H7BrClNO2S/c1-6-2-3-7-4-13-5-8(11)9(7)10(6)16(12,14)15/h2-5H,1H3. The minimum absolute atomic E-state index is 0.140. The van der Waals surface area contributed by atoms with Crippen LogP contribution in [0.4, 0.5) is 0 Å². The summed E-state index contributed by atoms with van der Waals surface area (Å²) in [6.07, 6.45) is 3.15. The van der Waals surface area contributed by atoms with Gasteiger partial charge in [0.05, 0.1) is 4.90 Å². The summed E-state index contributed by atoms with van der Waals surface area (Å²) in [5.74, 6) is 0. The van der Waals surface area contributed by atoms with Gasteiger partial charge in [0.25, 0.3) is 9.05 Å². The van der Waals surface area contributed by atoms with Crippen molar-refractivity contribution in [1.29, 1.82) is 0 Å². The number of aromatic nitrogens is 1. The zero-order valence-electron chi connectivity index (χ0n) is 8.24. The van der Waals surface area contributed by atoms with Crippen molar-refractivity contribution in [1.82, 2.24) is 4.98 Å². The molecule has 0 aliphatic heterocycles. The van der Waals surface area contributed by atoms with E-state index in [1.54, 1.807) is 25.4 Å². The molecular weight excluding hydrogens is 314 g/mol. The summed E-state index contributed by atoms with van der Waals surface area (Å²) >= 11 is 3.29. The van der Waals surface area contributed by atoms with E-state index in [9.17, 15) is 8.42 Å². The second-order valence-electron chi connectivity index (χ2n) is 3.37. The maximum atomic E-state index is 11.5. The Hall–Kier alpha value is -0.650. The molecule has 0 aliphatic rings. The van der Waals surface area contributed by atoms with Gasteiger partial charge in [-0.15, -0.1) is 0 Å². The molecule has 0 radical (unpaired) electrons. The molecule has 1 aromatic heterocycles. The normalized spacial score (nSPS) is 11.9. The zero-order chi connectivity index (χ0) is 11.9. The van der Waals surface area contributed by atoms with Crippen molar-refractivity contribution in [2.45, 2.75) is 11.8 Å². The molecule has 16 heavy (non-hydrogen) atoms. The van der Waals surface area contributed by atoms with E-state index in [4.69, 9.17) is 10.7 Å². The number of fused-ring (bicyclic) bond motifs is 1. The van der Waals surface area contributed by atoms with Crippen molar-refractivity contribution in [2.75, 3.05) is 0 Å². The molecule has 0 unspecified atom stereocenters. The molecule has 6 heteroatoms. The number of pyridine rings is 1. The van der Waals surface area contributed by atoms with E-state index in [1.165, 1.54) is 0 Å². The number of benzene rings is 1. The fourth-order valence-electron chi connectivity index (χ4n) is 1.62. The highest BCUT2D eigenvalue weighted by Crippen LogP contribution is 2.33. The van der Waals surface area contributed by atoms with Crippen LogP contribution in [0.3, 0.4) is 0 Å². The van der Waals surface area contributed by atoms with Crippen molar-refractivity contribution in [3.05, 3.63) is 34.6 Å². The quantitative estimate of drug-likeness (QED) is 0.758. The molecule has 2 aromatic rings. The first kappa shape index (κ1) is 11.8. The van der Waals surface area contributed by atoms with Gasteiger partial charge in [-0.3, -0.25) is 4.98 Å². The van der Waals surface area contributed by atoms with Gasteiger partial charge >= 0.3 is 0 Å². The lowest BCUT2D eigenvalue weighted by Crippen LogP contribution is -1.97. The van der Waals surface area contributed by atoms with E-state index in [2.05, 4.69) is 20.9 Å². The van der Waals surface area contributed by atoms with Crippen LogP contribution >= 0.6 is 26.6 Å². The Morgan fingerprint density at radius 2 is 2.00 bits per heavy atom. The summed E-state index contributed by atoms with van der Waals surface area (Å²) in [5, 5.41) is 1.31. The highest BCUT2D eigenvalue weighted by atomic mass is 79.9. The molecule has 1 heterocycles. The second-order valence-corrected chi connectivity index (χ2v) is 6.73. The van der Waals surface area contributed by atoms with Crippen LogP contribution in [0.2, 0.25) is 0 Å². The van der Waals surface area contributed by atoms with Crippen LogP contribution in [-0.2, 0) is 9.05 Å². The summed E-state index contributed by atoms with van der Waals surface area (Å²) in [5.41, 5.74) is 0.620. The number of halogens is 2. The third-order valence-corrected chi connectivity index (χ3v) is 4.35. The molecular formula is C10H7BrClNO2S. The van der Waals surface area contributed by atoms with E-state index in [0.29, 0.717) is 15.4 Å². The molecule has 0 saturated carbocycles. The first-order valence-electron chi connectivity index (χ1n) is 4.39. The third kappa shape index (κ3) is 1.95. The molecule has 0 amide bonds. The molecule has 0 N–H and O–H groups in total. The Balaban J connectivity index is 3.07. The Bertz CT molecular complexity index is 670. The van der Waals surface area contributed by atoms with Crippen LogP contribution in [-0.4, -0.2) is 13.4 Å². The lowest BCUT2D eigenvalue weighted by Gasteiger charge is -2.08. The highest BCUT2D eigenvalue weighted by Gasteiger charge is 2.19. The number of aryl methyl sites for hydroxylation is 1. The second kappa shape index (κ2) is 3.98. The first-order valence-corrected chi connectivity index (χ1v) is 7.49. The highest BCUT2D eigenvalue weighted by molar-refractivity contribution is 9.10. The minimum atomic E-state index is -3.77. The summed E-state index contributed by atoms with van der Waals surface area (Å²) < 4.78 is 23.7. The summed E-state index contributed by atoms with van der Waals surface area (Å²) in [6.45, 7) is 1.71. The van der Waals surface area contributed by atoms with Crippen molar-refractivity contribution in [2.24, 2.45) is 0 Å². The van der Waals surface area contributed by atoms with Crippen LogP contribution in [0, 0.1) is 6.92 Å². The van der Waals surface area contributed by atoms with Crippen LogP contribution in [0.1, 0.15) is 5.56 Å². The molecule has 0 aliphatic carbocycles. The molecule has 1 aromatic carbocycles. The molecule has 2 rings (SSSR count). The molecule has 0 spiro atoms. The van der Waals surface area contributed by atoms with Gasteiger partial charge in [0.15, 0.2) is 0 Å². The van der Waals surface area contributed by atoms with Gasteiger partial charge in [0.1, 0.15) is 0 Å². The summed E-state index contributed by atoms with van der Waals surface area (Å²) in [6, 6.07) is 3.53. The van der Waals surface area contributed by atoms with Crippen molar-refractivity contribution in [3.63, 3.8) is 0 Å². The summed E-state index contributed by atoms with van der Waals surface area (Å²) in [4.78, 5) is 4.12. The largest absolute Gasteiger partial charge is 0.263 e. The molecule has 3 nitrogen and oxygen atoms in total. The van der Waals surface area contributed by atoms with Crippen LogP contribution in [0.25, 0.3) is 10.8 Å². The summed E-state index contributed by atoms with van der Waals surface area (Å²) in [7, 11) is 1.68. The molecule has 0 fully saturated rings. The van der Waals surface area contributed by atoms with Gasteiger partial charge in [-0.2, -0.15) is 0 Å². The number of hydrogen-bond acceptors (Lipinski definition) is 3. The van der Waals surface area contributed by atoms with Gasteiger partial charge in [-0.05, 0) is 28.4 Å². The molecule has 0 atom stereocenters. The molecule has 84 valence electrons. The zero-order valence-corrected chi connectivity index (χ0v) is 11.4. The number of nitrogens with zero attached hydrogens (tertiary/aromatic N) is 1. The van der Waals surface area contributed by atoms with Gasteiger partial charge in [-0.25, -0.2) is 8.42 Å². The SMILES string of the molecule is Cc1ccc2cncc(Br)c2c1S(=O)(=O)Cl. The van der Waals surface area contributed by atoms with E-state index in [1.807, 2.05) is 6.07 Å². The number of rotatable bonds is 1. The van der Waals surface area contributed by atoms with E-state index in [-0.39, 0.29) is 4.90 Å². The van der Waals surface area contributed by atoms with E-state index in [0.717, 1.165) is 5.39 Å². The lowest BCUT2D eigenvalue weighted by molar-refractivity contribution is 0.610. The maximum absolute atomic E-state index is 11.5. The van der Waals surface area contributed by atoms with Crippen molar-refractivity contribution >= 4 is 46.4 Å². The average Bonchev–Trinajstić information content (AvgIpc) is 2.17. The predicted octanol–water partition coefficient (Wildman–Crippen LogP) is 3.23. The van der Waals surface area contributed by atoms with Crippen LogP contribution in [0.15, 0.2) is 33.9 Å². The van der Waals surface area contributed by atoms with Crippen molar-refractivity contribution in [3.8, 4) is 0 Å². The Labute approximate surface area is 106 Å². The third-order valence-electron chi connectivity index (χ3n) is 2.27. The van der Waals surface area contributed by atoms with Crippen LogP contribution < -0.4 is 0 Å². The Morgan fingerprint density at radius 1 is 1.31 bits per heavy atom. The topological polar surface area (TPSA) is 47.0 Å². The van der Waals surface area contributed by atoms with Gasteiger partial charge in [0, 0.05) is 38.3 Å². The first-order chi connectivity index (χ1) is 7.41. The Morgan fingerprint density at radius 3 is 2.62 bits per heavy atom. The molecule has 0 saturated heterocycles. The predicted molar refractivity (Wildman–Crippen MR) is 67.2 cm³/mol.